The highest BCUT2D eigenvalue weighted by Crippen LogP contribution is 2.16. The van der Waals surface area contributed by atoms with Crippen molar-refractivity contribution < 1.29 is 4.39 Å². The monoisotopic (exact) mass is 328 g/mol. The van der Waals surface area contributed by atoms with E-state index in [0.29, 0.717) is 0 Å². The molecule has 3 heteroatoms. The molecule has 1 aromatic carbocycles. The average Bonchev–Trinajstić information content (AvgIpc) is 1.98. The molecule has 0 saturated heterocycles. The normalized spacial score (nSPS) is 10.1. The SMILES string of the molecule is Fc1ccc(Br)cc1CCI. The molecule has 0 amide bonds. The van der Waals surface area contributed by atoms with Crippen LogP contribution in [-0.4, -0.2) is 4.43 Å². The van der Waals surface area contributed by atoms with E-state index in [4.69, 9.17) is 0 Å². The third kappa shape index (κ3) is 2.71. The number of halogens is 3. The molecule has 0 unspecified atom stereocenters. The number of aryl methyl sites for hydroxylation is 1. The van der Waals surface area contributed by atoms with Crippen LogP contribution in [0.3, 0.4) is 0 Å². The molecular weight excluding hydrogens is 322 g/mol. The molecule has 0 bridgehead atoms. The maximum atomic E-state index is 12.9. The van der Waals surface area contributed by atoms with Crippen molar-refractivity contribution in [2.75, 3.05) is 4.43 Å². The van der Waals surface area contributed by atoms with E-state index in [2.05, 4.69) is 38.5 Å². The van der Waals surface area contributed by atoms with E-state index in [1.165, 1.54) is 6.07 Å². The first kappa shape index (κ1) is 9.45. The molecule has 0 aliphatic heterocycles. The molecule has 1 aromatic rings. The molecule has 0 saturated carbocycles. The van der Waals surface area contributed by atoms with Gasteiger partial charge < -0.3 is 0 Å². The standard InChI is InChI=1S/C8H7BrFI/c9-7-1-2-8(10)6(5-7)3-4-11/h1-2,5H,3-4H2. The molecule has 0 heterocycles. The quantitative estimate of drug-likeness (QED) is 0.575. The summed E-state index contributed by atoms with van der Waals surface area (Å²) in [5, 5.41) is 0. The maximum absolute atomic E-state index is 12.9. The van der Waals surface area contributed by atoms with E-state index in [0.717, 1.165) is 20.9 Å². The highest BCUT2D eigenvalue weighted by Gasteiger charge is 2.00. The number of alkyl halides is 1. The number of rotatable bonds is 2. The molecule has 0 N–H and O–H groups in total. The summed E-state index contributed by atoms with van der Waals surface area (Å²) in [4.78, 5) is 0. The van der Waals surface area contributed by atoms with Crippen LogP contribution >= 0.6 is 38.5 Å². The number of hydrogen-bond donors (Lipinski definition) is 0. The zero-order valence-electron chi connectivity index (χ0n) is 5.78. The summed E-state index contributed by atoms with van der Waals surface area (Å²) in [6, 6.07) is 5.03. The maximum Gasteiger partial charge on any atom is 0.126 e. The van der Waals surface area contributed by atoms with Crippen LogP contribution in [0.15, 0.2) is 22.7 Å². The Balaban J connectivity index is 2.93. The second kappa shape index (κ2) is 4.40. The molecule has 0 atom stereocenters. The van der Waals surface area contributed by atoms with Crippen molar-refractivity contribution in [3.05, 3.63) is 34.1 Å². The number of benzene rings is 1. The van der Waals surface area contributed by atoms with E-state index in [9.17, 15) is 4.39 Å². The van der Waals surface area contributed by atoms with Crippen LogP contribution in [0, 0.1) is 5.82 Å². The lowest BCUT2D eigenvalue weighted by Crippen LogP contribution is -1.90. The highest BCUT2D eigenvalue weighted by molar-refractivity contribution is 14.1. The van der Waals surface area contributed by atoms with Gasteiger partial charge in [0.2, 0.25) is 0 Å². The third-order valence-corrected chi connectivity index (χ3v) is 2.40. The summed E-state index contributed by atoms with van der Waals surface area (Å²) < 4.78 is 14.8. The smallest absolute Gasteiger partial charge is 0.126 e. The lowest BCUT2D eigenvalue weighted by atomic mass is 10.2. The lowest BCUT2D eigenvalue weighted by molar-refractivity contribution is 0.612. The Kier molecular flexibility index (Phi) is 3.78. The van der Waals surface area contributed by atoms with Crippen molar-refractivity contribution >= 4 is 38.5 Å². The summed E-state index contributed by atoms with van der Waals surface area (Å²) in [6.45, 7) is 0. The first-order valence-corrected chi connectivity index (χ1v) is 5.56. The van der Waals surface area contributed by atoms with Crippen LogP contribution < -0.4 is 0 Å². The van der Waals surface area contributed by atoms with E-state index < -0.39 is 0 Å². The Morgan fingerprint density at radius 2 is 2.18 bits per heavy atom. The second-order valence-electron chi connectivity index (χ2n) is 2.17. The second-order valence-corrected chi connectivity index (χ2v) is 4.17. The zero-order chi connectivity index (χ0) is 8.27. The molecule has 0 aliphatic rings. The Labute approximate surface area is 87.5 Å². The van der Waals surface area contributed by atoms with Gasteiger partial charge in [-0.25, -0.2) is 4.39 Å². The summed E-state index contributed by atoms with van der Waals surface area (Å²) in [5.41, 5.74) is 0.786. The van der Waals surface area contributed by atoms with Crippen molar-refractivity contribution in [3.8, 4) is 0 Å². The topological polar surface area (TPSA) is 0 Å². The average molecular weight is 329 g/mol. The Morgan fingerprint density at radius 3 is 2.82 bits per heavy atom. The fourth-order valence-corrected chi connectivity index (χ4v) is 1.83. The minimum Gasteiger partial charge on any atom is -0.207 e. The van der Waals surface area contributed by atoms with Gasteiger partial charge >= 0.3 is 0 Å². The van der Waals surface area contributed by atoms with Crippen molar-refractivity contribution in [2.24, 2.45) is 0 Å². The van der Waals surface area contributed by atoms with Gasteiger partial charge in [-0.05, 0) is 30.2 Å². The molecule has 0 nitrogen and oxygen atoms in total. The van der Waals surface area contributed by atoms with Crippen LogP contribution in [-0.2, 0) is 6.42 Å². The molecular formula is C8H7BrFI. The predicted octanol–water partition coefficient (Wildman–Crippen LogP) is 3.57. The van der Waals surface area contributed by atoms with Crippen LogP contribution in [0.1, 0.15) is 5.56 Å². The van der Waals surface area contributed by atoms with E-state index in [1.807, 2.05) is 6.07 Å². The molecule has 60 valence electrons. The predicted molar refractivity (Wildman–Crippen MR) is 56.7 cm³/mol. The zero-order valence-corrected chi connectivity index (χ0v) is 9.52. The molecule has 0 spiro atoms. The fraction of sp³-hybridized carbons (Fsp3) is 0.250. The van der Waals surface area contributed by atoms with Crippen molar-refractivity contribution in [1.82, 2.24) is 0 Å². The van der Waals surface area contributed by atoms with Crippen molar-refractivity contribution in [1.29, 1.82) is 0 Å². The molecule has 0 radical (unpaired) electrons. The highest BCUT2D eigenvalue weighted by atomic mass is 127. The van der Waals surface area contributed by atoms with Gasteiger partial charge in [-0.3, -0.25) is 0 Å². The third-order valence-electron chi connectivity index (χ3n) is 1.37. The first-order valence-electron chi connectivity index (χ1n) is 3.24. The van der Waals surface area contributed by atoms with Gasteiger partial charge in [-0.1, -0.05) is 38.5 Å². The lowest BCUT2D eigenvalue weighted by Gasteiger charge is -1.99. The van der Waals surface area contributed by atoms with Crippen molar-refractivity contribution in [2.45, 2.75) is 6.42 Å². The van der Waals surface area contributed by atoms with Gasteiger partial charge in [0.25, 0.3) is 0 Å². The van der Waals surface area contributed by atoms with Crippen LogP contribution in [0.2, 0.25) is 0 Å². The van der Waals surface area contributed by atoms with Gasteiger partial charge in [-0.2, -0.15) is 0 Å². The van der Waals surface area contributed by atoms with Crippen molar-refractivity contribution in [3.63, 3.8) is 0 Å². The van der Waals surface area contributed by atoms with Gasteiger partial charge in [0.05, 0.1) is 0 Å². The minimum atomic E-state index is -0.107. The minimum absolute atomic E-state index is 0.107. The van der Waals surface area contributed by atoms with Crippen LogP contribution in [0.5, 0.6) is 0 Å². The molecule has 1 rings (SSSR count). The summed E-state index contributed by atoms with van der Waals surface area (Å²) in [7, 11) is 0. The molecule has 0 fully saturated rings. The van der Waals surface area contributed by atoms with E-state index in [-0.39, 0.29) is 5.82 Å². The number of hydrogen-bond acceptors (Lipinski definition) is 0. The summed E-state index contributed by atoms with van der Waals surface area (Å²) in [5.74, 6) is -0.107. The molecule has 0 aromatic heterocycles. The first-order chi connectivity index (χ1) is 5.24. The summed E-state index contributed by atoms with van der Waals surface area (Å²) in [6.07, 6.45) is 0.797. The van der Waals surface area contributed by atoms with E-state index in [1.54, 1.807) is 6.07 Å². The Hall–Kier alpha value is 0.360. The fourth-order valence-electron chi connectivity index (χ4n) is 0.837. The molecule has 11 heavy (non-hydrogen) atoms. The Bertz CT molecular complexity index is 250. The van der Waals surface area contributed by atoms with Gasteiger partial charge in [0.15, 0.2) is 0 Å². The van der Waals surface area contributed by atoms with Crippen LogP contribution in [0.25, 0.3) is 0 Å². The van der Waals surface area contributed by atoms with Crippen LogP contribution in [0.4, 0.5) is 4.39 Å². The van der Waals surface area contributed by atoms with Gasteiger partial charge in [0, 0.05) is 8.90 Å². The summed E-state index contributed by atoms with van der Waals surface area (Å²) >= 11 is 5.53. The Morgan fingerprint density at radius 1 is 1.45 bits per heavy atom. The molecule has 0 aliphatic carbocycles. The largest absolute Gasteiger partial charge is 0.207 e. The van der Waals surface area contributed by atoms with Gasteiger partial charge in [-0.15, -0.1) is 0 Å². The van der Waals surface area contributed by atoms with Gasteiger partial charge in [0.1, 0.15) is 5.82 Å². The van der Waals surface area contributed by atoms with E-state index >= 15 is 0 Å².